The molecule has 2 unspecified atom stereocenters. The average molecular weight is 300 g/mol. The lowest BCUT2D eigenvalue weighted by Gasteiger charge is -2.11. The van der Waals surface area contributed by atoms with Gasteiger partial charge in [-0.05, 0) is 43.2 Å². The van der Waals surface area contributed by atoms with Crippen LogP contribution in [0.3, 0.4) is 0 Å². The summed E-state index contributed by atoms with van der Waals surface area (Å²) in [5, 5.41) is 7.92. The Morgan fingerprint density at radius 3 is 2.58 bits per heavy atom. The van der Waals surface area contributed by atoms with Crippen LogP contribution in [-0.2, 0) is 21.4 Å². The number of nitrogens with two attached hydrogens (primary N) is 1. The molecule has 1 heterocycles. The number of amides is 1. The van der Waals surface area contributed by atoms with Crippen LogP contribution in [0.4, 0.5) is 0 Å². The smallest absolute Gasteiger partial charge is 0.247 e. The van der Waals surface area contributed by atoms with Gasteiger partial charge in [0.2, 0.25) is 15.9 Å². The Kier molecular flexibility index (Phi) is 3.15. The van der Waals surface area contributed by atoms with E-state index in [4.69, 9.17) is 5.14 Å². The van der Waals surface area contributed by atoms with Crippen molar-refractivity contribution in [3.8, 4) is 0 Å². The summed E-state index contributed by atoms with van der Waals surface area (Å²) in [5.74, 6) is 1.82. The Labute approximate surface area is 116 Å². The van der Waals surface area contributed by atoms with Gasteiger partial charge in [-0.15, -0.1) is 11.3 Å². The van der Waals surface area contributed by atoms with Crippen LogP contribution >= 0.6 is 11.3 Å². The summed E-state index contributed by atoms with van der Waals surface area (Å²) >= 11 is 1.11. The van der Waals surface area contributed by atoms with Crippen LogP contribution in [0.15, 0.2) is 16.3 Å². The number of thiophene rings is 1. The molecule has 3 rings (SSSR count). The second-order valence-electron chi connectivity index (χ2n) is 5.41. The maximum atomic E-state index is 11.9. The van der Waals surface area contributed by atoms with Crippen LogP contribution < -0.4 is 10.5 Å². The molecule has 2 fully saturated rings. The molecular formula is C12H16N2O3S2. The number of hydrogen-bond acceptors (Lipinski definition) is 4. The minimum atomic E-state index is -3.63. The van der Waals surface area contributed by atoms with Crippen molar-refractivity contribution in [2.45, 2.75) is 30.0 Å². The van der Waals surface area contributed by atoms with Crippen molar-refractivity contribution >= 4 is 27.3 Å². The standard InChI is InChI=1S/C12H16N2O3S2/c13-19(16,17)11-2-1-10(18-11)6-14-12(15)9-4-7-3-8(7)5-9/h1-2,7-9H,3-6H2,(H,14,15)(H2,13,16,17). The van der Waals surface area contributed by atoms with Gasteiger partial charge in [0.1, 0.15) is 4.21 Å². The van der Waals surface area contributed by atoms with E-state index in [1.54, 1.807) is 6.07 Å². The minimum absolute atomic E-state index is 0.0951. The zero-order chi connectivity index (χ0) is 13.6. The van der Waals surface area contributed by atoms with Crippen LogP contribution in [0.1, 0.15) is 24.1 Å². The van der Waals surface area contributed by atoms with Crippen molar-refractivity contribution in [2.24, 2.45) is 22.9 Å². The molecule has 1 aromatic rings. The fraction of sp³-hybridized carbons (Fsp3) is 0.583. The fourth-order valence-corrected chi connectivity index (χ4v) is 4.57. The molecule has 2 saturated carbocycles. The summed E-state index contributed by atoms with van der Waals surface area (Å²) in [7, 11) is -3.63. The number of carbonyl (C=O) groups is 1. The van der Waals surface area contributed by atoms with E-state index in [1.165, 1.54) is 12.5 Å². The number of carbonyl (C=O) groups excluding carboxylic acids is 1. The Bertz CT molecular complexity index is 598. The van der Waals surface area contributed by atoms with Crippen molar-refractivity contribution in [3.05, 3.63) is 17.0 Å². The number of fused-ring (bicyclic) bond motifs is 1. The third kappa shape index (κ3) is 2.82. The summed E-state index contributed by atoms with van der Waals surface area (Å²) in [6.45, 7) is 0.380. The van der Waals surface area contributed by atoms with Gasteiger partial charge < -0.3 is 5.32 Å². The van der Waals surface area contributed by atoms with E-state index in [0.717, 1.165) is 40.9 Å². The number of rotatable bonds is 4. The molecule has 2 atom stereocenters. The molecule has 104 valence electrons. The fourth-order valence-electron chi connectivity index (χ4n) is 2.85. The largest absolute Gasteiger partial charge is 0.351 e. The summed E-state index contributed by atoms with van der Waals surface area (Å²) in [5.41, 5.74) is 0. The van der Waals surface area contributed by atoms with Gasteiger partial charge in [0, 0.05) is 10.8 Å². The first-order valence-electron chi connectivity index (χ1n) is 6.32. The highest BCUT2D eigenvalue weighted by Crippen LogP contribution is 2.54. The number of hydrogen-bond donors (Lipinski definition) is 2. The predicted octanol–water partition coefficient (Wildman–Crippen LogP) is 1.06. The predicted molar refractivity (Wildman–Crippen MR) is 71.9 cm³/mol. The molecule has 2 aliphatic carbocycles. The topological polar surface area (TPSA) is 89.3 Å². The maximum absolute atomic E-state index is 11.9. The molecule has 0 aliphatic heterocycles. The zero-order valence-corrected chi connectivity index (χ0v) is 12.0. The van der Waals surface area contributed by atoms with Crippen molar-refractivity contribution in [1.29, 1.82) is 0 Å². The molecule has 3 N–H and O–H groups in total. The second-order valence-corrected chi connectivity index (χ2v) is 8.36. The highest BCUT2D eigenvalue weighted by Gasteiger charge is 2.47. The van der Waals surface area contributed by atoms with E-state index in [1.807, 2.05) is 0 Å². The third-order valence-corrected chi connectivity index (χ3v) is 6.49. The van der Waals surface area contributed by atoms with Crippen molar-refractivity contribution < 1.29 is 13.2 Å². The first kappa shape index (κ1) is 13.1. The normalized spacial score (nSPS) is 29.0. The van der Waals surface area contributed by atoms with Gasteiger partial charge in [0.25, 0.3) is 0 Å². The minimum Gasteiger partial charge on any atom is -0.351 e. The quantitative estimate of drug-likeness (QED) is 0.871. The van der Waals surface area contributed by atoms with E-state index < -0.39 is 10.0 Å². The Morgan fingerprint density at radius 1 is 1.32 bits per heavy atom. The second kappa shape index (κ2) is 4.57. The molecule has 1 aromatic heterocycles. The Balaban J connectivity index is 1.54. The lowest BCUT2D eigenvalue weighted by atomic mass is 10.0. The van der Waals surface area contributed by atoms with Crippen LogP contribution in [0, 0.1) is 17.8 Å². The van der Waals surface area contributed by atoms with E-state index >= 15 is 0 Å². The molecule has 7 heteroatoms. The average Bonchev–Trinajstić information content (AvgIpc) is 2.82. The van der Waals surface area contributed by atoms with Crippen LogP contribution in [0.5, 0.6) is 0 Å². The van der Waals surface area contributed by atoms with Crippen LogP contribution in [-0.4, -0.2) is 14.3 Å². The monoisotopic (exact) mass is 300 g/mol. The van der Waals surface area contributed by atoms with E-state index in [0.29, 0.717) is 6.54 Å². The molecule has 0 saturated heterocycles. The summed E-state index contributed by atoms with van der Waals surface area (Å²) in [6, 6.07) is 3.17. The van der Waals surface area contributed by atoms with Gasteiger partial charge in [0.15, 0.2) is 0 Å². The molecule has 19 heavy (non-hydrogen) atoms. The van der Waals surface area contributed by atoms with Crippen molar-refractivity contribution in [2.75, 3.05) is 0 Å². The van der Waals surface area contributed by atoms with Gasteiger partial charge in [-0.1, -0.05) is 0 Å². The number of primary sulfonamides is 1. The van der Waals surface area contributed by atoms with Gasteiger partial charge in [0.05, 0.1) is 6.54 Å². The SMILES string of the molecule is NS(=O)(=O)c1ccc(CNC(=O)C2CC3CC3C2)s1. The molecule has 1 amide bonds. The van der Waals surface area contributed by atoms with E-state index in [9.17, 15) is 13.2 Å². The van der Waals surface area contributed by atoms with Crippen LogP contribution in [0.25, 0.3) is 0 Å². The molecule has 0 spiro atoms. The molecule has 5 nitrogen and oxygen atoms in total. The Morgan fingerprint density at radius 2 is 2.00 bits per heavy atom. The van der Waals surface area contributed by atoms with Gasteiger partial charge in [-0.2, -0.15) is 0 Å². The Hall–Kier alpha value is -0.920. The van der Waals surface area contributed by atoms with Gasteiger partial charge in [-0.3, -0.25) is 4.79 Å². The highest BCUT2D eigenvalue weighted by molar-refractivity contribution is 7.91. The van der Waals surface area contributed by atoms with Gasteiger partial charge >= 0.3 is 0 Å². The maximum Gasteiger partial charge on any atom is 0.247 e. The van der Waals surface area contributed by atoms with Crippen molar-refractivity contribution in [1.82, 2.24) is 5.32 Å². The van der Waals surface area contributed by atoms with Gasteiger partial charge in [-0.25, -0.2) is 13.6 Å². The van der Waals surface area contributed by atoms with E-state index in [2.05, 4.69) is 5.32 Å². The summed E-state index contributed by atoms with van der Waals surface area (Å²) < 4.78 is 22.4. The highest BCUT2D eigenvalue weighted by atomic mass is 32.2. The molecule has 2 aliphatic rings. The molecule has 0 bridgehead atoms. The summed E-state index contributed by atoms with van der Waals surface area (Å²) in [4.78, 5) is 12.7. The molecular weight excluding hydrogens is 284 g/mol. The first-order chi connectivity index (χ1) is 8.93. The van der Waals surface area contributed by atoms with Crippen LogP contribution in [0.2, 0.25) is 0 Å². The lowest BCUT2D eigenvalue weighted by molar-refractivity contribution is -0.125. The molecule has 0 radical (unpaired) electrons. The number of sulfonamides is 1. The zero-order valence-electron chi connectivity index (χ0n) is 10.3. The summed E-state index contributed by atoms with van der Waals surface area (Å²) in [6.07, 6.45) is 3.33. The first-order valence-corrected chi connectivity index (χ1v) is 8.69. The molecule has 0 aromatic carbocycles. The van der Waals surface area contributed by atoms with E-state index in [-0.39, 0.29) is 16.0 Å². The lowest BCUT2D eigenvalue weighted by Crippen LogP contribution is -2.29. The van der Waals surface area contributed by atoms with Crippen molar-refractivity contribution in [3.63, 3.8) is 0 Å². The number of nitrogens with one attached hydrogen (secondary N) is 1. The third-order valence-electron chi connectivity index (χ3n) is 3.97.